The summed E-state index contributed by atoms with van der Waals surface area (Å²) in [6.45, 7) is 4.65. The minimum atomic E-state index is 0.487. The van der Waals surface area contributed by atoms with E-state index in [1.165, 1.54) is 11.1 Å². The highest BCUT2D eigenvalue weighted by Crippen LogP contribution is 2.09. The molecule has 0 amide bonds. The predicted molar refractivity (Wildman–Crippen MR) is 44.9 cm³/mol. The first kappa shape index (κ1) is 8.24. The monoisotopic (exact) mass is 151 g/mol. The van der Waals surface area contributed by atoms with Gasteiger partial charge in [0.25, 0.3) is 0 Å². The Bertz CT molecular complexity index is 245. The molecular formula is C9H13NO. The molecule has 0 bridgehead atoms. The molecule has 1 rings (SSSR count). The van der Waals surface area contributed by atoms with Crippen molar-refractivity contribution in [3.8, 4) is 0 Å². The van der Waals surface area contributed by atoms with Gasteiger partial charge in [-0.2, -0.15) is 0 Å². The van der Waals surface area contributed by atoms with Crippen LogP contribution in [-0.2, 0) is 11.4 Å². The molecule has 2 N–H and O–H groups in total. The number of hydrogen-bond donors (Lipinski definition) is 1. The van der Waals surface area contributed by atoms with Crippen molar-refractivity contribution in [3.05, 3.63) is 34.9 Å². The molecule has 0 radical (unpaired) electrons. The van der Waals surface area contributed by atoms with Gasteiger partial charge in [0.1, 0.15) is 0 Å². The summed E-state index contributed by atoms with van der Waals surface area (Å²) in [5.41, 5.74) is 3.70. The van der Waals surface area contributed by atoms with Crippen LogP contribution in [-0.4, -0.2) is 0 Å². The van der Waals surface area contributed by atoms with Gasteiger partial charge in [0.2, 0.25) is 0 Å². The maximum Gasteiger partial charge on any atom is 0.0930 e. The first-order chi connectivity index (χ1) is 5.24. The standard InChI is InChI=1S/C9H13NO/c1-7-3-4-9(6-11-10)5-8(7)2/h3-5H,6,10H2,1-2H3. The predicted octanol–water partition coefficient (Wildman–Crippen LogP) is 1.69. The molecule has 2 nitrogen and oxygen atoms in total. The second-order valence-electron chi connectivity index (χ2n) is 2.73. The van der Waals surface area contributed by atoms with E-state index in [4.69, 9.17) is 5.90 Å². The zero-order valence-corrected chi connectivity index (χ0v) is 6.92. The summed E-state index contributed by atoms with van der Waals surface area (Å²) in [6, 6.07) is 6.18. The van der Waals surface area contributed by atoms with Crippen LogP contribution in [0.4, 0.5) is 0 Å². The molecule has 0 saturated heterocycles. The number of benzene rings is 1. The van der Waals surface area contributed by atoms with Crippen molar-refractivity contribution in [2.75, 3.05) is 0 Å². The van der Waals surface area contributed by atoms with Crippen LogP contribution in [0.2, 0.25) is 0 Å². The molecule has 0 heterocycles. The number of hydrogen-bond acceptors (Lipinski definition) is 2. The third kappa shape index (κ3) is 2.03. The van der Waals surface area contributed by atoms with Gasteiger partial charge in [0, 0.05) is 0 Å². The first-order valence-corrected chi connectivity index (χ1v) is 3.62. The van der Waals surface area contributed by atoms with E-state index in [9.17, 15) is 0 Å². The topological polar surface area (TPSA) is 35.2 Å². The second kappa shape index (κ2) is 3.51. The van der Waals surface area contributed by atoms with Crippen molar-refractivity contribution in [2.24, 2.45) is 5.90 Å². The van der Waals surface area contributed by atoms with E-state index in [1.54, 1.807) is 0 Å². The molecule has 2 heteroatoms. The van der Waals surface area contributed by atoms with Crippen LogP contribution in [0.25, 0.3) is 0 Å². The Balaban J connectivity index is 2.86. The highest BCUT2D eigenvalue weighted by atomic mass is 16.6. The molecule has 0 atom stereocenters. The van der Waals surface area contributed by atoms with Gasteiger partial charge in [0.15, 0.2) is 0 Å². The van der Waals surface area contributed by atoms with E-state index < -0.39 is 0 Å². The maximum absolute atomic E-state index is 4.95. The van der Waals surface area contributed by atoms with Crippen LogP contribution in [0.15, 0.2) is 18.2 Å². The Morgan fingerprint density at radius 1 is 1.27 bits per heavy atom. The molecule has 0 saturated carbocycles. The van der Waals surface area contributed by atoms with E-state index in [0.717, 1.165) is 5.56 Å². The number of aryl methyl sites for hydroxylation is 2. The molecule has 0 aliphatic carbocycles. The van der Waals surface area contributed by atoms with E-state index in [-0.39, 0.29) is 0 Å². The molecule has 0 aliphatic rings. The van der Waals surface area contributed by atoms with E-state index in [2.05, 4.69) is 30.8 Å². The SMILES string of the molecule is Cc1ccc(CON)cc1C. The highest BCUT2D eigenvalue weighted by molar-refractivity contribution is 5.29. The van der Waals surface area contributed by atoms with Gasteiger partial charge in [-0.1, -0.05) is 18.2 Å². The van der Waals surface area contributed by atoms with Crippen LogP contribution in [0, 0.1) is 13.8 Å². The summed E-state index contributed by atoms with van der Waals surface area (Å²) < 4.78 is 0. The first-order valence-electron chi connectivity index (χ1n) is 3.62. The fourth-order valence-corrected chi connectivity index (χ4v) is 0.990. The smallest absolute Gasteiger partial charge is 0.0930 e. The zero-order valence-electron chi connectivity index (χ0n) is 6.92. The van der Waals surface area contributed by atoms with Crippen LogP contribution in [0.5, 0.6) is 0 Å². The van der Waals surface area contributed by atoms with E-state index >= 15 is 0 Å². The van der Waals surface area contributed by atoms with Crippen LogP contribution in [0.1, 0.15) is 16.7 Å². The molecule has 0 aromatic heterocycles. The molecule has 60 valence electrons. The average molecular weight is 151 g/mol. The largest absolute Gasteiger partial charge is 0.300 e. The fourth-order valence-electron chi connectivity index (χ4n) is 0.990. The lowest BCUT2D eigenvalue weighted by molar-refractivity contribution is 0.124. The van der Waals surface area contributed by atoms with Gasteiger partial charge in [-0.3, -0.25) is 4.84 Å². The third-order valence-electron chi connectivity index (χ3n) is 1.82. The molecule has 0 fully saturated rings. The van der Waals surface area contributed by atoms with Crippen LogP contribution >= 0.6 is 0 Å². The quantitative estimate of drug-likeness (QED) is 0.653. The Labute approximate surface area is 66.9 Å². The summed E-state index contributed by atoms with van der Waals surface area (Å²) in [4.78, 5) is 4.52. The van der Waals surface area contributed by atoms with E-state index in [1.807, 2.05) is 6.07 Å². The summed E-state index contributed by atoms with van der Waals surface area (Å²) in [7, 11) is 0. The molecule has 0 spiro atoms. The van der Waals surface area contributed by atoms with Crippen molar-refractivity contribution in [3.63, 3.8) is 0 Å². The summed E-state index contributed by atoms with van der Waals surface area (Å²) >= 11 is 0. The summed E-state index contributed by atoms with van der Waals surface area (Å²) in [5.74, 6) is 4.95. The molecule has 0 unspecified atom stereocenters. The minimum Gasteiger partial charge on any atom is -0.300 e. The lowest BCUT2D eigenvalue weighted by Crippen LogP contribution is -1.99. The summed E-state index contributed by atoms with van der Waals surface area (Å²) in [6.07, 6.45) is 0. The number of rotatable bonds is 2. The maximum atomic E-state index is 4.95. The van der Waals surface area contributed by atoms with Gasteiger partial charge in [0.05, 0.1) is 6.61 Å². The third-order valence-corrected chi connectivity index (χ3v) is 1.82. The lowest BCUT2D eigenvalue weighted by Gasteiger charge is -2.02. The van der Waals surface area contributed by atoms with Crippen molar-refractivity contribution >= 4 is 0 Å². The molecule has 1 aromatic carbocycles. The van der Waals surface area contributed by atoms with Gasteiger partial charge < -0.3 is 0 Å². The van der Waals surface area contributed by atoms with E-state index in [0.29, 0.717) is 6.61 Å². The zero-order chi connectivity index (χ0) is 8.27. The lowest BCUT2D eigenvalue weighted by atomic mass is 10.1. The van der Waals surface area contributed by atoms with Gasteiger partial charge in [-0.15, -0.1) is 0 Å². The second-order valence-corrected chi connectivity index (χ2v) is 2.73. The summed E-state index contributed by atoms with van der Waals surface area (Å²) in [5, 5.41) is 0. The van der Waals surface area contributed by atoms with Crippen molar-refractivity contribution in [2.45, 2.75) is 20.5 Å². The Kier molecular flexibility index (Phi) is 2.63. The normalized spacial score (nSPS) is 10.1. The molecular weight excluding hydrogens is 138 g/mol. The molecule has 0 aliphatic heterocycles. The molecule has 11 heavy (non-hydrogen) atoms. The van der Waals surface area contributed by atoms with Crippen LogP contribution < -0.4 is 5.90 Å². The van der Waals surface area contributed by atoms with Gasteiger partial charge >= 0.3 is 0 Å². The molecule has 1 aromatic rings. The Hall–Kier alpha value is -0.860. The highest BCUT2D eigenvalue weighted by Gasteiger charge is 1.94. The van der Waals surface area contributed by atoms with Crippen molar-refractivity contribution < 1.29 is 4.84 Å². The van der Waals surface area contributed by atoms with Crippen LogP contribution in [0.3, 0.4) is 0 Å². The van der Waals surface area contributed by atoms with Crippen molar-refractivity contribution in [1.29, 1.82) is 0 Å². The Morgan fingerprint density at radius 2 is 2.00 bits per heavy atom. The fraction of sp³-hybridized carbons (Fsp3) is 0.333. The van der Waals surface area contributed by atoms with Gasteiger partial charge in [-0.05, 0) is 30.5 Å². The average Bonchev–Trinajstić information content (AvgIpc) is 1.98. The van der Waals surface area contributed by atoms with Gasteiger partial charge in [-0.25, -0.2) is 5.90 Å². The minimum absolute atomic E-state index is 0.487. The Morgan fingerprint density at radius 3 is 2.55 bits per heavy atom. The van der Waals surface area contributed by atoms with Crippen molar-refractivity contribution in [1.82, 2.24) is 0 Å². The number of nitrogens with two attached hydrogens (primary N) is 1.